The third kappa shape index (κ3) is 3.96. The fraction of sp³-hybridized carbons (Fsp3) is 0.353. The lowest BCUT2D eigenvalue weighted by Gasteiger charge is -2.13. The van der Waals surface area contributed by atoms with Gasteiger partial charge in [-0.2, -0.15) is 0 Å². The Hall–Kier alpha value is -2.48. The van der Waals surface area contributed by atoms with E-state index in [4.69, 9.17) is 0 Å². The van der Waals surface area contributed by atoms with Crippen LogP contribution in [0.25, 0.3) is 4.96 Å². The van der Waals surface area contributed by atoms with Gasteiger partial charge in [-0.05, 0) is 12.1 Å². The van der Waals surface area contributed by atoms with E-state index in [0.29, 0.717) is 13.1 Å². The Morgan fingerprint density at radius 1 is 1.28 bits per heavy atom. The van der Waals surface area contributed by atoms with E-state index >= 15 is 0 Å². The maximum Gasteiger partial charge on any atom is 0.254 e. The zero-order valence-corrected chi connectivity index (χ0v) is 15.2. The van der Waals surface area contributed by atoms with Gasteiger partial charge >= 0.3 is 0 Å². The van der Waals surface area contributed by atoms with Gasteiger partial charge in [-0.25, -0.2) is 13.9 Å². The molecule has 8 heteroatoms. The molecule has 0 atom stereocenters. The van der Waals surface area contributed by atoms with E-state index in [9.17, 15) is 9.18 Å². The van der Waals surface area contributed by atoms with Crippen LogP contribution in [0.5, 0.6) is 0 Å². The number of hydrogen-bond donors (Lipinski definition) is 2. The molecule has 0 aliphatic heterocycles. The number of hydrogen-bond acceptors (Lipinski definition) is 5. The van der Waals surface area contributed by atoms with Crippen LogP contribution in [-0.4, -0.2) is 33.6 Å². The Balaban J connectivity index is 1.52. The Labute approximate surface area is 149 Å². The summed E-state index contributed by atoms with van der Waals surface area (Å²) in [6.45, 7) is 7.18. The third-order valence-corrected chi connectivity index (χ3v) is 4.50. The van der Waals surface area contributed by atoms with Crippen molar-refractivity contribution < 1.29 is 9.18 Å². The highest BCUT2D eigenvalue weighted by molar-refractivity contribution is 7.20. The van der Waals surface area contributed by atoms with Crippen molar-refractivity contribution in [2.75, 3.05) is 18.4 Å². The molecule has 6 nitrogen and oxygen atoms in total. The zero-order chi connectivity index (χ0) is 18.0. The number of amides is 1. The summed E-state index contributed by atoms with van der Waals surface area (Å²) in [4.78, 5) is 17.3. The number of anilines is 1. The van der Waals surface area contributed by atoms with Gasteiger partial charge in [0, 0.05) is 18.5 Å². The second-order valence-corrected chi connectivity index (χ2v) is 7.63. The predicted molar refractivity (Wildman–Crippen MR) is 96.8 cm³/mol. The van der Waals surface area contributed by atoms with Crippen LogP contribution in [0.2, 0.25) is 0 Å². The van der Waals surface area contributed by atoms with Crippen LogP contribution >= 0.6 is 11.3 Å². The van der Waals surface area contributed by atoms with Crippen LogP contribution in [0.4, 0.5) is 9.52 Å². The lowest BCUT2D eigenvalue weighted by Crippen LogP contribution is -2.29. The minimum absolute atomic E-state index is 0.0159. The Morgan fingerprint density at radius 2 is 2.04 bits per heavy atom. The molecule has 0 fully saturated rings. The van der Waals surface area contributed by atoms with Crippen molar-refractivity contribution >= 4 is 27.3 Å². The lowest BCUT2D eigenvalue weighted by atomic mass is 9.93. The summed E-state index contributed by atoms with van der Waals surface area (Å²) in [5.74, 6) is -0.951. The molecule has 2 heterocycles. The molecule has 0 saturated carbocycles. The maximum absolute atomic E-state index is 13.5. The smallest absolute Gasteiger partial charge is 0.254 e. The molecule has 2 N–H and O–H groups in total. The molecule has 0 saturated heterocycles. The van der Waals surface area contributed by atoms with Crippen molar-refractivity contribution in [3.05, 3.63) is 47.5 Å². The summed E-state index contributed by atoms with van der Waals surface area (Å²) in [6.07, 6.45) is 1.93. The Kier molecular flexibility index (Phi) is 4.71. The number of aromatic nitrogens is 3. The fourth-order valence-electron chi connectivity index (χ4n) is 2.22. The number of nitrogens with one attached hydrogen (secondary N) is 2. The fourth-order valence-corrected chi connectivity index (χ4v) is 3.03. The molecule has 0 aliphatic rings. The lowest BCUT2D eigenvalue weighted by molar-refractivity contribution is 0.0951. The van der Waals surface area contributed by atoms with E-state index in [0.717, 1.165) is 15.8 Å². The normalized spacial score (nSPS) is 11.7. The number of fused-ring (bicyclic) bond motifs is 1. The molecule has 0 spiro atoms. The average Bonchev–Trinajstić information content (AvgIpc) is 3.10. The first-order chi connectivity index (χ1) is 11.8. The van der Waals surface area contributed by atoms with Gasteiger partial charge in [0.15, 0.2) is 0 Å². The van der Waals surface area contributed by atoms with Gasteiger partial charge in [-0.15, -0.1) is 5.10 Å². The largest absolute Gasteiger partial charge is 0.358 e. The molecule has 0 unspecified atom stereocenters. The van der Waals surface area contributed by atoms with Gasteiger partial charge in [-0.1, -0.05) is 44.2 Å². The Bertz CT molecular complexity index is 864. The van der Waals surface area contributed by atoms with Crippen molar-refractivity contribution in [2.24, 2.45) is 0 Å². The SMILES string of the molecule is CC(C)(C)c1cn2nc(NCCNC(=O)c3ccccc3F)sc2n1. The molecule has 3 aromatic rings. The number of carbonyl (C=O) groups excluding carboxylic acids is 1. The number of halogens is 1. The van der Waals surface area contributed by atoms with E-state index in [1.807, 2.05) is 6.20 Å². The van der Waals surface area contributed by atoms with E-state index in [-0.39, 0.29) is 11.0 Å². The summed E-state index contributed by atoms with van der Waals surface area (Å²) in [6, 6.07) is 5.91. The van der Waals surface area contributed by atoms with Crippen molar-refractivity contribution in [2.45, 2.75) is 26.2 Å². The van der Waals surface area contributed by atoms with E-state index in [2.05, 4.69) is 41.5 Å². The van der Waals surface area contributed by atoms with Gasteiger partial charge in [0.1, 0.15) is 5.82 Å². The van der Waals surface area contributed by atoms with Gasteiger partial charge in [-0.3, -0.25) is 4.79 Å². The summed E-state index contributed by atoms with van der Waals surface area (Å²) >= 11 is 1.45. The van der Waals surface area contributed by atoms with Gasteiger partial charge < -0.3 is 10.6 Å². The van der Waals surface area contributed by atoms with Crippen LogP contribution in [0.3, 0.4) is 0 Å². The van der Waals surface area contributed by atoms with Gasteiger partial charge in [0.2, 0.25) is 10.1 Å². The highest BCUT2D eigenvalue weighted by Gasteiger charge is 2.19. The minimum atomic E-state index is -0.524. The van der Waals surface area contributed by atoms with Crippen LogP contribution < -0.4 is 10.6 Å². The maximum atomic E-state index is 13.5. The van der Waals surface area contributed by atoms with Crippen molar-refractivity contribution in [1.29, 1.82) is 0 Å². The highest BCUT2D eigenvalue weighted by atomic mass is 32.1. The molecule has 0 radical (unpaired) electrons. The molecule has 1 aromatic carbocycles. The summed E-state index contributed by atoms with van der Waals surface area (Å²) in [5.41, 5.74) is 1.03. The van der Waals surface area contributed by atoms with Gasteiger partial charge in [0.05, 0.1) is 17.5 Å². The van der Waals surface area contributed by atoms with Crippen molar-refractivity contribution in [3.63, 3.8) is 0 Å². The molecule has 25 heavy (non-hydrogen) atoms. The number of nitrogens with zero attached hydrogens (tertiary/aromatic N) is 3. The van der Waals surface area contributed by atoms with Crippen LogP contribution in [-0.2, 0) is 5.41 Å². The third-order valence-electron chi connectivity index (χ3n) is 3.62. The number of benzene rings is 1. The second kappa shape index (κ2) is 6.79. The molecule has 1 amide bonds. The summed E-state index contributed by atoms with van der Waals surface area (Å²) in [5, 5.41) is 11.0. The molecule has 0 aliphatic carbocycles. The van der Waals surface area contributed by atoms with Crippen molar-refractivity contribution in [1.82, 2.24) is 19.9 Å². The topological polar surface area (TPSA) is 71.3 Å². The van der Waals surface area contributed by atoms with Crippen LogP contribution in [0.15, 0.2) is 30.5 Å². The molecular formula is C17H20FN5OS. The highest BCUT2D eigenvalue weighted by Crippen LogP contribution is 2.25. The van der Waals surface area contributed by atoms with Crippen LogP contribution in [0, 0.1) is 5.82 Å². The molecular weight excluding hydrogens is 341 g/mol. The first-order valence-corrected chi connectivity index (χ1v) is 8.79. The summed E-state index contributed by atoms with van der Waals surface area (Å²) in [7, 11) is 0. The zero-order valence-electron chi connectivity index (χ0n) is 14.3. The molecule has 3 rings (SSSR count). The van der Waals surface area contributed by atoms with E-state index < -0.39 is 11.7 Å². The molecule has 0 bridgehead atoms. The Morgan fingerprint density at radius 3 is 2.72 bits per heavy atom. The minimum Gasteiger partial charge on any atom is -0.358 e. The number of imidazole rings is 1. The second-order valence-electron chi connectivity index (χ2n) is 6.67. The quantitative estimate of drug-likeness (QED) is 0.685. The standard InChI is InChI=1S/C17H20FN5OS/c1-17(2,3)13-10-23-16(21-13)25-15(22-23)20-9-8-19-14(24)11-6-4-5-7-12(11)18/h4-7,10H,8-9H2,1-3H3,(H,19,24)(H,20,22). The average molecular weight is 361 g/mol. The summed E-state index contributed by atoms with van der Waals surface area (Å²) < 4.78 is 15.3. The predicted octanol–water partition coefficient (Wildman–Crippen LogP) is 3.07. The van der Waals surface area contributed by atoms with Crippen molar-refractivity contribution in [3.8, 4) is 0 Å². The first kappa shape index (κ1) is 17.3. The van der Waals surface area contributed by atoms with Crippen LogP contribution in [0.1, 0.15) is 36.8 Å². The number of rotatable bonds is 5. The molecule has 132 valence electrons. The molecule has 2 aromatic heterocycles. The van der Waals surface area contributed by atoms with E-state index in [1.54, 1.807) is 16.6 Å². The van der Waals surface area contributed by atoms with E-state index in [1.165, 1.54) is 23.5 Å². The monoisotopic (exact) mass is 361 g/mol. The number of carbonyl (C=O) groups is 1. The van der Waals surface area contributed by atoms with Gasteiger partial charge in [0.25, 0.3) is 5.91 Å². The first-order valence-electron chi connectivity index (χ1n) is 7.98.